The number of aromatic nitrogens is 3. The standard InChI is InChI=1S/C14H17BrN4O2S/c1-4-5-21-13-11(15)6-10(7-12(13)20-3)8-16-19-9(2)17-18-14(19)22/h6-8H,4-5H2,1-3H3,(H,18,22)/b16-8-. The maximum atomic E-state index is 5.70. The van der Waals surface area contributed by atoms with Crippen LogP contribution in [0.5, 0.6) is 11.5 Å². The van der Waals surface area contributed by atoms with E-state index < -0.39 is 0 Å². The van der Waals surface area contributed by atoms with E-state index in [-0.39, 0.29) is 0 Å². The summed E-state index contributed by atoms with van der Waals surface area (Å²) >= 11 is 8.61. The van der Waals surface area contributed by atoms with Gasteiger partial charge in [0.1, 0.15) is 5.82 Å². The van der Waals surface area contributed by atoms with Crippen molar-refractivity contribution in [3.63, 3.8) is 0 Å². The summed E-state index contributed by atoms with van der Waals surface area (Å²) < 4.78 is 13.9. The number of rotatable bonds is 6. The molecule has 0 aliphatic heterocycles. The highest BCUT2D eigenvalue weighted by molar-refractivity contribution is 9.10. The zero-order valence-corrected chi connectivity index (χ0v) is 15.0. The molecule has 22 heavy (non-hydrogen) atoms. The molecule has 0 amide bonds. The van der Waals surface area contributed by atoms with Crippen LogP contribution in [-0.4, -0.2) is 34.8 Å². The average molecular weight is 385 g/mol. The quantitative estimate of drug-likeness (QED) is 0.609. The predicted octanol–water partition coefficient (Wildman–Crippen LogP) is 3.69. The minimum Gasteiger partial charge on any atom is -0.493 e. The number of hydrogen-bond acceptors (Lipinski definition) is 5. The first-order chi connectivity index (χ1) is 10.6. The Morgan fingerprint density at radius 1 is 1.50 bits per heavy atom. The summed E-state index contributed by atoms with van der Waals surface area (Å²) in [5.41, 5.74) is 0.857. The number of aromatic amines is 1. The Kier molecular flexibility index (Phi) is 5.73. The lowest BCUT2D eigenvalue weighted by molar-refractivity contribution is 0.292. The van der Waals surface area contributed by atoms with Crippen LogP contribution in [0.2, 0.25) is 0 Å². The summed E-state index contributed by atoms with van der Waals surface area (Å²) in [6.45, 7) is 4.51. The summed E-state index contributed by atoms with van der Waals surface area (Å²) in [6, 6.07) is 3.77. The van der Waals surface area contributed by atoms with E-state index in [1.807, 2.05) is 19.1 Å². The lowest BCUT2D eigenvalue weighted by atomic mass is 10.2. The predicted molar refractivity (Wildman–Crippen MR) is 91.6 cm³/mol. The SMILES string of the molecule is CCCOc1c(Br)cc(/C=N\n2c(C)n[nH]c2=S)cc1OC. The maximum Gasteiger partial charge on any atom is 0.216 e. The van der Waals surface area contributed by atoms with E-state index in [1.165, 1.54) is 0 Å². The van der Waals surface area contributed by atoms with Gasteiger partial charge in [0.05, 0.1) is 24.4 Å². The summed E-state index contributed by atoms with van der Waals surface area (Å²) in [6.07, 6.45) is 2.62. The van der Waals surface area contributed by atoms with Gasteiger partial charge in [0.15, 0.2) is 11.5 Å². The van der Waals surface area contributed by atoms with Gasteiger partial charge in [0, 0.05) is 0 Å². The molecule has 118 valence electrons. The van der Waals surface area contributed by atoms with Gasteiger partial charge in [-0.2, -0.15) is 14.9 Å². The molecular formula is C14H17BrN4O2S. The van der Waals surface area contributed by atoms with E-state index in [9.17, 15) is 0 Å². The van der Waals surface area contributed by atoms with Gasteiger partial charge in [-0.3, -0.25) is 5.10 Å². The third kappa shape index (κ3) is 3.75. The number of ether oxygens (including phenoxy) is 2. The lowest BCUT2D eigenvalue weighted by Crippen LogP contribution is -2.00. The number of hydrogen-bond donors (Lipinski definition) is 1. The molecule has 6 nitrogen and oxygen atoms in total. The highest BCUT2D eigenvalue weighted by Gasteiger charge is 2.11. The van der Waals surface area contributed by atoms with Crippen LogP contribution < -0.4 is 9.47 Å². The van der Waals surface area contributed by atoms with E-state index >= 15 is 0 Å². The Balaban J connectivity index is 2.33. The molecule has 0 aliphatic carbocycles. The summed E-state index contributed by atoms with van der Waals surface area (Å²) in [5.74, 6) is 2.03. The molecule has 2 rings (SSSR count). The van der Waals surface area contributed by atoms with Gasteiger partial charge in [-0.1, -0.05) is 6.92 Å². The van der Waals surface area contributed by atoms with E-state index in [4.69, 9.17) is 21.7 Å². The van der Waals surface area contributed by atoms with Crippen LogP contribution in [-0.2, 0) is 0 Å². The van der Waals surface area contributed by atoms with Gasteiger partial charge in [0.2, 0.25) is 4.77 Å². The first-order valence-electron chi connectivity index (χ1n) is 6.75. The van der Waals surface area contributed by atoms with E-state index in [0.717, 1.165) is 16.5 Å². The van der Waals surface area contributed by atoms with Crippen molar-refractivity contribution in [3.05, 3.63) is 32.8 Å². The number of methoxy groups -OCH3 is 1. The molecule has 0 unspecified atom stereocenters. The van der Waals surface area contributed by atoms with Crippen LogP contribution in [0.15, 0.2) is 21.7 Å². The summed E-state index contributed by atoms with van der Waals surface area (Å²) in [5, 5.41) is 11.0. The van der Waals surface area contributed by atoms with Crippen LogP contribution in [0.3, 0.4) is 0 Å². The molecule has 8 heteroatoms. The number of nitrogens with one attached hydrogen (secondary N) is 1. The molecule has 0 radical (unpaired) electrons. The Labute approximate surface area is 142 Å². The van der Waals surface area contributed by atoms with Crippen LogP contribution in [0.25, 0.3) is 0 Å². The molecule has 0 bridgehead atoms. The smallest absolute Gasteiger partial charge is 0.216 e. The molecule has 1 heterocycles. The van der Waals surface area contributed by atoms with E-state index in [0.29, 0.717) is 28.7 Å². The Hall–Kier alpha value is -1.67. The van der Waals surface area contributed by atoms with Crippen molar-refractivity contribution in [1.82, 2.24) is 14.9 Å². The zero-order chi connectivity index (χ0) is 16.1. The average Bonchev–Trinajstić information content (AvgIpc) is 2.82. The molecule has 0 fully saturated rings. The van der Waals surface area contributed by atoms with Crippen molar-refractivity contribution in [2.75, 3.05) is 13.7 Å². The van der Waals surface area contributed by atoms with Crippen molar-refractivity contribution in [1.29, 1.82) is 0 Å². The molecular weight excluding hydrogens is 368 g/mol. The number of nitrogens with zero attached hydrogens (tertiary/aromatic N) is 3. The van der Waals surface area contributed by atoms with Gasteiger partial charge >= 0.3 is 0 Å². The molecule has 0 saturated carbocycles. The first-order valence-corrected chi connectivity index (χ1v) is 7.95. The monoisotopic (exact) mass is 384 g/mol. The molecule has 0 spiro atoms. The minimum absolute atomic E-state index is 0.447. The zero-order valence-electron chi connectivity index (χ0n) is 12.6. The highest BCUT2D eigenvalue weighted by atomic mass is 79.9. The molecule has 0 atom stereocenters. The van der Waals surface area contributed by atoms with Crippen LogP contribution in [0.4, 0.5) is 0 Å². The number of benzene rings is 1. The third-order valence-electron chi connectivity index (χ3n) is 2.84. The van der Waals surface area contributed by atoms with Crippen LogP contribution in [0, 0.1) is 11.7 Å². The fourth-order valence-corrected chi connectivity index (χ4v) is 2.59. The molecule has 0 saturated heterocycles. The second-order valence-corrected chi connectivity index (χ2v) is 5.76. The van der Waals surface area contributed by atoms with E-state index in [1.54, 1.807) is 18.0 Å². The lowest BCUT2D eigenvalue weighted by Gasteiger charge is -2.12. The normalized spacial score (nSPS) is 11.1. The number of aryl methyl sites for hydroxylation is 1. The van der Waals surface area contributed by atoms with Gasteiger partial charge in [-0.15, -0.1) is 0 Å². The molecule has 0 aliphatic rings. The minimum atomic E-state index is 0.447. The third-order valence-corrected chi connectivity index (χ3v) is 3.69. The molecule has 1 aromatic carbocycles. The largest absolute Gasteiger partial charge is 0.493 e. The first kappa shape index (κ1) is 16.7. The van der Waals surface area contributed by atoms with Crippen molar-refractivity contribution in [2.45, 2.75) is 20.3 Å². The highest BCUT2D eigenvalue weighted by Crippen LogP contribution is 2.36. The fourth-order valence-electron chi connectivity index (χ4n) is 1.79. The van der Waals surface area contributed by atoms with Crippen molar-refractivity contribution in [3.8, 4) is 11.5 Å². The Morgan fingerprint density at radius 3 is 2.86 bits per heavy atom. The Morgan fingerprint density at radius 2 is 2.27 bits per heavy atom. The molecule has 1 aromatic heterocycles. The van der Waals surface area contributed by atoms with Crippen LogP contribution >= 0.6 is 28.1 Å². The van der Waals surface area contributed by atoms with Gasteiger partial charge in [0.25, 0.3) is 0 Å². The van der Waals surface area contributed by atoms with Gasteiger partial charge in [-0.05, 0) is 59.2 Å². The van der Waals surface area contributed by atoms with E-state index in [2.05, 4.69) is 38.2 Å². The second kappa shape index (κ2) is 7.55. The summed E-state index contributed by atoms with van der Waals surface area (Å²) in [4.78, 5) is 0. The molecule has 1 N–H and O–H groups in total. The topological polar surface area (TPSA) is 64.4 Å². The summed E-state index contributed by atoms with van der Waals surface area (Å²) in [7, 11) is 1.61. The van der Waals surface area contributed by atoms with Gasteiger partial charge < -0.3 is 9.47 Å². The van der Waals surface area contributed by atoms with Crippen molar-refractivity contribution in [2.24, 2.45) is 5.10 Å². The van der Waals surface area contributed by atoms with Crippen molar-refractivity contribution >= 4 is 34.4 Å². The van der Waals surface area contributed by atoms with Crippen molar-refractivity contribution < 1.29 is 9.47 Å². The molecule has 2 aromatic rings. The van der Waals surface area contributed by atoms with Crippen LogP contribution in [0.1, 0.15) is 24.7 Å². The van der Waals surface area contributed by atoms with Gasteiger partial charge in [-0.25, -0.2) is 0 Å². The second-order valence-electron chi connectivity index (χ2n) is 4.51. The maximum absolute atomic E-state index is 5.70. The number of H-pyrrole nitrogens is 1. The Bertz CT molecular complexity index is 739. The fraction of sp³-hybridized carbons (Fsp3) is 0.357. The number of halogens is 1.